The molecule has 0 radical (unpaired) electrons. The van der Waals surface area contributed by atoms with Crippen molar-refractivity contribution < 1.29 is 21.8 Å². The van der Waals surface area contributed by atoms with E-state index >= 15 is 0 Å². The largest absolute Gasteiger partial charge is 0.415 e. The predicted molar refractivity (Wildman–Crippen MR) is 119 cm³/mol. The van der Waals surface area contributed by atoms with E-state index in [-0.39, 0.29) is 15.8 Å². The first-order chi connectivity index (χ1) is 11.5. The number of hydrogen-bond donors (Lipinski definition) is 1. The zero-order valence-electron chi connectivity index (χ0n) is 17.5. The Morgan fingerprint density at radius 1 is 1.04 bits per heavy atom. The first-order valence-electron chi connectivity index (χ1n) is 9.35. The summed E-state index contributed by atoms with van der Waals surface area (Å²) in [6, 6.07) is 2.30. The lowest BCUT2D eigenvalue weighted by atomic mass is 10.6. The summed E-state index contributed by atoms with van der Waals surface area (Å²) in [5.41, 5.74) is 0. The van der Waals surface area contributed by atoms with Crippen LogP contribution in [0.4, 0.5) is 0 Å². The third kappa shape index (κ3) is 12.9. The van der Waals surface area contributed by atoms with Crippen LogP contribution < -0.4 is 0 Å². The molecule has 2 atom stereocenters. The Bertz CT molecular complexity index is 363. The first-order valence-corrected chi connectivity index (χ1v) is 20.1. The topological polar surface area (TPSA) is 46.2 Å². The summed E-state index contributed by atoms with van der Waals surface area (Å²) in [5, 5.41) is 0. The number of thiol groups is 1. The third-order valence-electron chi connectivity index (χ3n) is 3.68. The molecule has 0 aromatic carbocycles. The molecule has 0 rings (SSSR count). The van der Waals surface area contributed by atoms with Crippen LogP contribution in [-0.4, -0.2) is 60.6 Å². The highest BCUT2D eigenvalue weighted by Gasteiger charge is 2.44. The fourth-order valence-electron chi connectivity index (χ4n) is 2.80. The van der Waals surface area contributed by atoms with Crippen molar-refractivity contribution in [1.29, 1.82) is 0 Å². The van der Waals surface area contributed by atoms with Gasteiger partial charge in [-0.25, -0.2) is 0 Å². The van der Waals surface area contributed by atoms with Crippen molar-refractivity contribution >= 4 is 47.8 Å². The highest BCUT2D eigenvalue weighted by Crippen LogP contribution is 2.26. The molecule has 0 spiro atoms. The number of ether oxygens (including phenoxy) is 1. The molecule has 0 aromatic rings. The Hall–Kier alpha value is 1.02. The van der Waals surface area contributed by atoms with Crippen LogP contribution in [0.15, 0.2) is 0 Å². The van der Waals surface area contributed by atoms with Crippen LogP contribution >= 0.6 is 12.6 Å². The van der Waals surface area contributed by atoms with Gasteiger partial charge in [-0.15, -0.1) is 0 Å². The van der Waals surface area contributed by atoms with Gasteiger partial charge in [-0.05, 0) is 57.9 Å². The molecule has 2 unspecified atom stereocenters. The molecule has 0 aliphatic carbocycles. The summed E-state index contributed by atoms with van der Waals surface area (Å²) in [5.74, 6) is 0.860. The lowest BCUT2D eigenvalue weighted by Crippen LogP contribution is -2.56. The van der Waals surface area contributed by atoms with Crippen LogP contribution in [0, 0.1) is 0 Å². The molecule has 0 aromatic heterocycles. The minimum atomic E-state index is -2.36. The van der Waals surface area contributed by atoms with E-state index in [0.717, 1.165) is 24.4 Å². The summed E-state index contributed by atoms with van der Waals surface area (Å²) in [6.45, 7) is 14.6. The molecule has 0 saturated heterocycles. The quantitative estimate of drug-likeness (QED) is 0.180. The van der Waals surface area contributed by atoms with Crippen LogP contribution in [0.25, 0.3) is 0 Å². The molecule has 0 heterocycles. The smallest absolute Gasteiger partial charge is 0.325 e. The van der Waals surface area contributed by atoms with E-state index < -0.39 is 25.7 Å². The van der Waals surface area contributed by atoms with Crippen molar-refractivity contribution in [2.75, 3.05) is 19.1 Å². The highest BCUT2D eigenvalue weighted by atomic mass is 32.1. The van der Waals surface area contributed by atoms with Gasteiger partial charge in [0.2, 0.25) is 0 Å². The van der Waals surface area contributed by atoms with Crippen molar-refractivity contribution in [2.45, 2.75) is 77.8 Å². The Morgan fingerprint density at radius 2 is 1.68 bits per heavy atom. The molecule has 5 nitrogen and oxygen atoms in total. The zero-order valence-corrected chi connectivity index (χ0v) is 22.8. The molecule has 0 amide bonds. The fourth-order valence-corrected chi connectivity index (χ4v) is 18.4. The normalized spacial score (nSPS) is 17.2. The number of rotatable bonds is 15. The van der Waals surface area contributed by atoms with Crippen molar-refractivity contribution in [2.24, 2.45) is 0 Å². The second kappa shape index (κ2) is 12.5. The lowest BCUT2D eigenvalue weighted by molar-refractivity contribution is -0.0555. The molecule has 0 fully saturated rings. The van der Waals surface area contributed by atoms with Gasteiger partial charge in [0.25, 0.3) is 0 Å². The monoisotopic (exact) mass is 444 g/mol. The molecule has 0 bridgehead atoms. The number of methoxy groups -OCH3 is 1. The van der Waals surface area contributed by atoms with Crippen LogP contribution in [0.3, 0.4) is 0 Å². The molecule has 152 valence electrons. The Balaban J connectivity index is 4.85. The highest BCUT2D eigenvalue weighted by molar-refractivity contribution is 7.80. The Labute approximate surface area is 166 Å². The van der Waals surface area contributed by atoms with E-state index in [1.807, 2.05) is 20.0 Å². The van der Waals surface area contributed by atoms with E-state index in [0.29, 0.717) is 0 Å². The van der Waals surface area contributed by atoms with E-state index in [9.17, 15) is 0 Å². The molecule has 0 saturated carbocycles. The van der Waals surface area contributed by atoms with Gasteiger partial charge in [0, 0.05) is 22.9 Å². The molecule has 0 N–H and O–H groups in total. The second-order valence-electron chi connectivity index (χ2n) is 7.44. The zero-order chi connectivity index (χ0) is 19.6. The van der Waals surface area contributed by atoms with E-state index in [4.69, 9.17) is 21.8 Å². The molecule has 0 aliphatic rings. The standard InChI is InChI=1S/C15H40O5SSi4/c1-9-12-22-14-17-25(8,13-10-11-21)20-24(6,7)19-23(4,5)18-15(2)16-3/h15,21H,9-14,22H2,1-8H3. The summed E-state index contributed by atoms with van der Waals surface area (Å²) in [6.07, 6.45) is 2.91. The van der Waals surface area contributed by atoms with Crippen LogP contribution in [0.2, 0.25) is 44.8 Å². The van der Waals surface area contributed by atoms with E-state index in [1.54, 1.807) is 7.11 Å². The van der Waals surface area contributed by atoms with Gasteiger partial charge in [0.15, 0.2) is 0 Å². The third-order valence-corrected chi connectivity index (χ3v) is 16.7. The predicted octanol–water partition coefficient (Wildman–Crippen LogP) is 3.80. The first kappa shape index (κ1) is 26.0. The van der Waals surface area contributed by atoms with Crippen LogP contribution in [-0.2, 0) is 21.8 Å². The molecular weight excluding hydrogens is 405 g/mol. The van der Waals surface area contributed by atoms with Gasteiger partial charge in [-0.2, -0.15) is 12.6 Å². The van der Waals surface area contributed by atoms with E-state index in [1.165, 1.54) is 12.5 Å². The Morgan fingerprint density at radius 3 is 2.20 bits per heavy atom. The molecule has 0 aliphatic heterocycles. The molecule has 10 heteroatoms. The van der Waals surface area contributed by atoms with Gasteiger partial charge >= 0.3 is 25.7 Å². The van der Waals surface area contributed by atoms with Crippen molar-refractivity contribution in [3.8, 4) is 0 Å². The van der Waals surface area contributed by atoms with Crippen molar-refractivity contribution in [1.82, 2.24) is 0 Å². The fraction of sp³-hybridized carbons (Fsp3) is 1.00. The summed E-state index contributed by atoms with van der Waals surface area (Å²) >= 11 is 4.36. The summed E-state index contributed by atoms with van der Waals surface area (Å²) in [4.78, 5) is 0. The van der Waals surface area contributed by atoms with E-state index in [2.05, 4.69) is 39.2 Å². The number of hydrogen-bond acceptors (Lipinski definition) is 6. The maximum atomic E-state index is 6.59. The Kier molecular flexibility index (Phi) is 13.0. The van der Waals surface area contributed by atoms with Gasteiger partial charge in [-0.3, -0.25) is 0 Å². The minimum absolute atomic E-state index is 0.141. The summed E-state index contributed by atoms with van der Waals surface area (Å²) in [7, 11) is -5.43. The van der Waals surface area contributed by atoms with Crippen LogP contribution in [0.1, 0.15) is 26.7 Å². The van der Waals surface area contributed by atoms with Gasteiger partial charge in [-0.1, -0.05) is 19.4 Å². The van der Waals surface area contributed by atoms with Crippen molar-refractivity contribution in [3.63, 3.8) is 0 Å². The van der Waals surface area contributed by atoms with Gasteiger partial charge < -0.3 is 21.8 Å². The maximum absolute atomic E-state index is 6.59. The van der Waals surface area contributed by atoms with Crippen LogP contribution in [0.5, 0.6) is 0 Å². The second-order valence-corrected chi connectivity index (χ2v) is 20.2. The van der Waals surface area contributed by atoms with Gasteiger partial charge in [0.1, 0.15) is 6.29 Å². The molecule has 25 heavy (non-hydrogen) atoms. The average Bonchev–Trinajstić information content (AvgIpc) is 2.47. The summed E-state index contributed by atoms with van der Waals surface area (Å²) < 4.78 is 30.5. The molecular formula is C15H40O5SSi4. The maximum Gasteiger partial charge on any atom is 0.325 e. The average molecular weight is 445 g/mol. The minimum Gasteiger partial charge on any atom is -0.415 e. The SMILES string of the molecule is CCC[SiH2]CO[Si](C)(CCCS)O[Si](C)(C)O[Si](C)(C)OC(C)OC. The lowest BCUT2D eigenvalue weighted by Gasteiger charge is -2.39. The van der Waals surface area contributed by atoms with Gasteiger partial charge in [0.05, 0.1) is 0 Å². The van der Waals surface area contributed by atoms with Crippen molar-refractivity contribution in [3.05, 3.63) is 0 Å².